The van der Waals surface area contributed by atoms with Crippen molar-refractivity contribution in [1.29, 1.82) is 0 Å². The molecule has 1 saturated heterocycles. The summed E-state index contributed by atoms with van der Waals surface area (Å²) in [5, 5.41) is 5.18. The lowest BCUT2D eigenvalue weighted by molar-refractivity contribution is -0.132. The number of Topliss-reactive ketones (excluding diaryl/α,β-unsaturated/α-hetero) is 1. The number of carbonyl (C=O) groups excluding carboxylic acids is 2. The van der Waals surface area contributed by atoms with Gasteiger partial charge in [-0.25, -0.2) is 9.97 Å². The van der Waals surface area contributed by atoms with Crippen molar-refractivity contribution in [2.75, 3.05) is 6.54 Å². The summed E-state index contributed by atoms with van der Waals surface area (Å²) in [6.45, 7) is 6.50. The maximum absolute atomic E-state index is 13.2. The third-order valence-electron chi connectivity index (χ3n) is 6.89. The zero-order valence-electron chi connectivity index (χ0n) is 18.3. The van der Waals surface area contributed by atoms with Crippen molar-refractivity contribution >= 4 is 37.5 Å². The molecule has 0 radical (unpaired) electrons. The number of nitrogens with zero attached hydrogens (tertiary/aromatic N) is 6. The summed E-state index contributed by atoms with van der Waals surface area (Å²) in [6, 6.07) is 1.83. The molecule has 10 heteroatoms. The van der Waals surface area contributed by atoms with Gasteiger partial charge in [0, 0.05) is 36.8 Å². The lowest BCUT2D eigenvalue weighted by Crippen LogP contribution is -2.44. The minimum Gasteiger partial charge on any atom is -0.346 e. The highest BCUT2D eigenvalue weighted by atomic mass is 16.2. The van der Waals surface area contributed by atoms with Crippen LogP contribution >= 0.6 is 0 Å². The molecule has 2 fully saturated rings. The molecule has 0 N–H and O–H groups in total. The molecule has 3 aromatic heterocycles. The van der Waals surface area contributed by atoms with Crippen LogP contribution in [0.1, 0.15) is 36.6 Å². The smallest absolute Gasteiger partial charge is 0.243 e. The van der Waals surface area contributed by atoms with E-state index < -0.39 is 0 Å². The highest BCUT2D eigenvalue weighted by Crippen LogP contribution is 2.60. The second kappa shape index (κ2) is 7.00. The number of fused-ring (bicyclic) bond motifs is 2. The van der Waals surface area contributed by atoms with Crippen molar-refractivity contribution in [2.24, 2.45) is 11.3 Å². The summed E-state index contributed by atoms with van der Waals surface area (Å²) in [7, 11) is 3.11. The molecule has 2 aliphatic rings. The van der Waals surface area contributed by atoms with E-state index in [2.05, 4.69) is 34.7 Å². The molecule has 0 bridgehead atoms. The summed E-state index contributed by atoms with van der Waals surface area (Å²) >= 11 is 0. The van der Waals surface area contributed by atoms with Gasteiger partial charge in [0.2, 0.25) is 5.91 Å². The molecule has 4 heterocycles. The first-order chi connectivity index (χ1) is 14.8. The van der Waals surface area contributed by atoms with Crippen molar-refractivity contribution in [3.63, 3.8) is 0 Å². The Bertz CT molecular complexity index is 1210. The number of hydrogen-bond acceptors (Lipinski definition) is 6. The van der Waals surface area contributed by atoms with Crippen molar-refractivity contribution in [1.82, 2.24) is 29.6 Å². The average molecular weight is 414 g/mol. The molecule has 0 aromatic carbocycles. The standard InChI is InChI=1S/C21H24B2N6O2/c1-11(30)19-14-4-16(13-6-24-12(2)25-7-13)26-8-17(14)29(27-19)9-18(31)28-10-21(3)5-15(21)20(28)23-22/h4,6-8,15,20,23H,5,9-10,22H2,1-3H3. The molecule has 8 nitrogen and oxygen atoms in total. The predicted octanol–water partition coefficient (Wildman–Crippen LogP) is 0.578. The SMILES string of the molecule is BBC1C2CC2(C)CN1C(=O)Cn1nc(C(C)=O)c2cc(-c3cnc(C)nc3)ncc21. The number of hydrogen-bond donors (Lipinski definition) is 0. The number of piperidine rings is 1. The lowest BCUT2D eigenvalue weighted by atomic mass is 9.49. The van der Waals surface area contributed by atoms with Crippen LogP contribution in [0, 0.1) is 18.3 Å². The Morgan fingerprint density at radius 2 is 2.00 bits per heavy atom. The van der Waals surface area contributed by atoms with Gasteiger partial charge in [0.15, 0.2) is 5.78 Å². The topological polar surface area (TPSA) is 93.9 Å². The fourth-order valence-electron chi connectivity index (χ4n) is 5.08. The zero-order valence-corrected chi connectivity index (χ0v) is 18.3. The maximum Gasteiger partial charge on any atom is 0.243 e. The van der Waals surface area contributed by atoms with Gasteiger partial charge in [-0.2, -0.15) is 5.10 Å². The van der Waals surface area contributed by atoms with Gasteiger partial charge in [0.1, 0.15) is 25.2 Å². The number of aryl methyl sites for hydroxylation is 1. The van der Waals surface area contributed by atoms with Crippen molar-refractivity contribution in [3.8, 4) is 11.3 Å². The van der Waals surface area contributed by atoms with Gasteiger partial charge in [-0.1, -0.05) is 6.92 Å². The minimum atomic E-state index is -0.144. The Morgan fingerprint density at radius 3 is 2.68 bits per heavy atom. The summed E-state index contributed by atoms with van der Waals surface area (Å²) in [5.74, 6) is 1.51. The van der Waals surface area contributed by atoms with Crippen LogP contribution in [0.15, 0.2) is 24.7 Å². The van der Waals surface area contributed by atoms with Crippen molar-refractivity contribution < 1.29 is 9.59 Å². The third-order valence-corrected chi connectivity index (χ3v) is 6.89. The molecule has 156 valence electrons. The van der Waals surface area contributed by atoms with E-state index in [0.29, 0.717) is 40.0 Å². The molecular formula is C21H24B2N6O2. The van der Waals surface area contributed by atoms with Gasteiger partial charge in [-0.15, -0.1) is 0 Å². The van der Waals surface area contributed by atoms with E-state index >= 15 is 0 Å². The Kier molecular flexibility index (Phi) is 4.50. The largest absolute Gasteiger partial charge is 0.346 e. The van der Waals surface area contributed by atoms with Crippen LogP contribution in [0.2, 0.25) is 0 Å². The van der Waals surface area contributed by atoms with Crippen molar-refractivity contribution in [3.05, 3.63) is 36.2 Å². The fourth-order valence-corrected chi connectivity index (χ4v) is 5.08. The molecule has 3 unspecified atom stereocenters. The second-order valence-electron chi connectivity index (χ2n) is 9.13. The summed E-state index contributed by atoms with van der Waals surface area (Å²) < 4.78 is 1.62. The summed E-state index contributed by atoms with van der Waals surface area (Å²) in [4.78, 5) is 40.4. The Labute approximate surface area is 182 Å². The molecule has 1 aliphatic carbocycles. The Morgan fingerprint density at radius 1 is 1.26 bits per heavy atom. The zero-order chi connectivity index (χ0) is 21.9. The van der Waals surface area contributed by atoms with Crippen LogP contribution in [0.25, 0.3) is 22.2 Å². The van der Waals surface area contributed by atoms with E-state index in [9.17, 15) is 9.59 Å². The van der Waals surface area contributed by atoms with Crippen LogP contribution in [0.5, 0.6) is 0 Å². The number of ketones is 1. The van der Waals surface area contributed by atoms with Crippen LogP contribution in [-0.2, 0) is 11.3 Å². The first-order valence-electron chi connectivity index (χ1n) is 10.8. The molecule has 1 amide bonds. The first-order valence-corrected chi connectivity index (χ1v) is 10.8. The van der Waals surface area contributed by atoms with Gasteiger partial charge >= 0.3 is 0 Å². The number of likely N-dealkylation sites (tertiary alicyclic amines) is 1. The van der Waals surface area contributed by atoms with E-state index in [1.807, 2.05) is 17.9 Å². The lowest BCUT2D eigenvalue weighted by Gasteiger charge is -2.27. The summed E-state index contributed by atoms with van der Waals surface area (Å²) in [6.07, 6.45) is 6.31. The molecular weight excluding hydrogens is 390 g/mol. The molecule has 3 aromatic rings. The molecule has 31 heavy (non-hydrogen) atoms. The highest BCUT2D eigenvalue weighted by molar-refractivity contribution is 6.90. The fraction of sp³-hybridized carbons (Fsp3) is 0.429. The molecule has 5 rings (SSSR count). The normalized spacial score (nSPS) is 24.3. The van der Waals surface area contributed by atoms with Gasteiger partial charge in [-0.05, 0) is 36.7 Å². The highest BCUT2D eigenvalue weighted by Gasteiger charge is 2.61. The number of aromatic nitrogens is 5. The predicted molar refractivity (Wildman–Crippen MR) is 121 cm³/mol. The van der Waals surface area contributed by atoms with Crippen LogP contribution in [0.3, 0.4) is 0 Å². The molecule has 3 atom stereocenters. The van der Waals surface area contributed by atoms with Crippen LogP contribution < -0.4 is 0 Å². The van der Waals surface area contributed by atoms with Crippen LogP contribution in [0.4, 0.5) is 0 Å². The van der Waals surface area contributed by atoms with Gasteiger partial charge in [-0.3, -0.25) is 19.3 Å². The second-order valence-corrected chi connectivity index (χ2v) is 9.13. The van der Waals surface area contributed by atoms with E-state index in [1.54, 1.807) is 23.3 Å². The van der Waals surface area contributed by atoms with E-state index in [0.717, 1.165) is 19.3 Å². The molecule has 0 spiro atoms. The van der Waals surface area contributed by atoms with Gasteiger partial charge in [0.05, 0.1) is 25.1 Å². The Hall–Kier alpha value is -3.03. The molecule has 1 aliphatic heterocycles. The monoisotopic (exact) mass is 414 g/mol. The molecule has 1 saturated carbocycles. The first kappa shape index (κ1) is 19.9. The van der Waals surface area contributed by atoms with Crippen LogP contribution in [-0.4, -0.2) is 68.7 Å². The number of amides is 1. The quantitative estimate of drug-likeness (QED) is 0.448. The minimum absolute atomic E-state index is 0.0517. The van der Waals surface area contributed by atoms with Crippen molar-refractivity contribution in [2.45, 2.75) is 39.7 Å². The average Bonchev–Trinajstić information content (AvgIpc) is 3.13. The van der Waals surface area contributed by atoms with Gasteiger partial charge in [0.25, 0.3) is 0 Å². The van der Waals surface area contributed by atoms with E-state index in [4.69, 9.17) is 0 Å². The van der Waals surface area contributed by atoms with E-state index in [-0.39, 0.29) is 23.7 Å². The van der Waals surface area contributed by atoms with E-state index in [1.165, 1.54) is 13.3 Å². The number of rotatable bonds is 5. The number of pyridine rings is 1. The van der Waals surface area contributed by atoms with Gasteiger partial charge < -0.3 is 4.90 Å². The maximum atomic E-state index is 13.2. The number of carbonyl (C=O) groups is 2. The Balaban J connectivity index is 1.48. The summed E-state index contributed by atoms with van der Waals surface area (Å²) in [5.41, 5.74) is 2.74. The third kappa shape index (κ3) is 3.25.